The first-order valence-corrected chi connectivity index (χ1v) is 13.7. The number of aromatic nitrogens is 2. The summed E-state index contributed by atoms with van der Waals surface area (Å²) in [5, 5.41) is 22.2. The van der Waals surface area contributed by atoms with E-state index < -0.39 is 30.4 Å². The third-order valence-corrected chi connectivity index (χ3v) is 7.71. The van der Waals surface area contributed by atoms with E-state index in [-0.39, 0.29) is 62.3 Å². The minimum atomic E-state index is -3.36. The zero-order chi connectivity index (χ0) is 27.0. The van der Waals surface area contributed by atoms with Gasteiger partial charge < -0.3 is 29.1 Å². The van der Waals surface area contributed by atoms with Crippen LogP contribution in [0.4, 0.5) is 4.39 Å². The Balaban J connectivity index is 2.05. The molecule has 3 rings (SSSR count). The Morgan fingerprint density at radius 3 is 2.46 bits per heavy atom. The van der Waals surface area contributed by atoms with Gasteiger partial charge in [0, 0.05) is 19.3 Å². The lowest BCUT2D eigenvalue weighted by Crippen LogP contribution is -2.35. The van der Waals surface area contributed by atoms with Gasteiger partial charge >= 0.3 is 7.60 Å². The van der Waals surface area contributed by atoms with Crippen LogP contribution in [0.25, 0.3) is 11.0 Å². The molecule has 1 aromatic carbocycles. The van der Waals surface area contributed by atoms with Gasteiger partial charge in [-0.3, -0.25) is 19.1 Å². The summed E-state index contributed by atoms with van der Waals surface area (Å²) in [6.07, 6.45) is 2.16. The number of pyridine rings is 2. The van der Waals surface area contributed by atoms with Crippen LogP contribution in [-0.2, 0) is 26.6 Å². The summed E-state index contributed by atoms with van der Waals surface area (Å²) in [4.78, 5) is 30.4. The summed E-state index contributed by atoms with van der Waals surface area (Å²) in [5.41, 5.74) is 0.563. The van der Waals surface area contributed by atoms with Crippen molar-refractivity contribution in [2.24, 2.45) is 0 Å². The van der Waals surface area contributed by atoms with E-state index in [4.69, 9.17) is 14.2 Å². The molecule has 12 heteroatoms. The van der Waals surface area contributed by atoms with Gasteiger partial charge in [-0.05, 0) is 56.0 Å². The highest BCUT2D eigenvalue weighted by Crippen LogP contribution is 2.48. The van der Waals surface area contributed by atoms with E-state index in [1.54, 1.807) is 32.0 Å². The zero-order valence-electron chi connectivity index (χ0n) is 20.8. The van der Waals surface area contributed by atoms with Crippen LogP contribution in [0.3, 0.4) is 0 Å². The van der Waals surface area contributed by atoms with Gasteiger partial charge in [0.25, 0.3) is 11.5 Å². The maximum absolute atomic E-state index is 13.4. The number of halogens is 1. The van der Waals surface area contributed by atoms with Crippen LogP contribution in [0.1, 0.15) is 41.8 Å². The average Bonchev–Trinajstić information content (AvgIpc) is 2.86. The molecule has 10 nitrogen and oxygen atoms in total. The number of benzene rings is 1. The molecule has 0 atom stereocenters. The van der Waals surface area contributed by atoms with Crippen molar-refractivity contribution >= 4 is 24.5 Å². The molecule has 0 aliphatic heterocycles. The summed E-state index contributed by atoms with van der Waals surface area (Å²) in [6.45, 7) is 3.40. The lowest BCUT2D eigenvalue weighted by Gasteiger charge is -2.18. The van der Waals surface area contributed by atoms with Crippen LogP contribution in [-0.4, -0.2) is 58.2 Å². The number of aliphatic hydroxyl groups is 1. The van der Waals surface area contributed by atoms with E-state index in [9.17, 15) is 23.7 Å². The molecule has 0 aliphatic carbocycles. The van der Waals surface area contributed by atoms with Crippen molar-refractivity contribution in [1.29, 1.82) is 0 Å². The van der Waals surface area contributed by atoms with Gasteiger partial charge in [-0.2, -0.15) is 0 Å². The second-order valence-electron chi connectivity index (χ2n) is 8.20. The summed E-state index contributed by atoms with van der Waals surface area (Å²) in [5.74, 6) is -1.78. The number of fused-ring (bicyclic) bond motifs is 1. The SMILES string of the molecule is CCOP(=O)(CCCn1c(=O)c(C(=O)NCCO)c(O)c2ncc(Cc3ccc(F)cc3)cc21)OCC. The Bertz CT molecular complexity index is 1330. The van der Waals surface area contributed by atoms with Crippen molar-refractivity contribution < 1.29 is 33.0 Å². The van der Waals surface area contributed by atoms with Gasteiger partial charge in [0.2, 0.25) is 0 Å². The fourth-order valence-corrected chi connectivity index (χ4v) is 5.60. The minimum absolute atomic E-state index is 0.0365. The Labute approximate surface area is 213 Å². The fraction of sp³-hybridized carbons (Fsp3) is 0.400. The summed E-state index contributed by atoms with van der Waals surface area (Å²) >= 11 is 0. The highest BCUT2D eigenvalue weighted by atomic mass is 31.2. The van der Waals surface area contributed by atoms with Crippen molar-refractivity contribution in [2.75, 3.05) is 32.5 Å². The molecule has 1 amide bonds. The van der Waals surface area contributed by atoms with Gasteiger partial charge in [-0.1, -0.05) is 12.1 Å². The molecular weight excluding hydrogens is 504 g/mol. The predicted molar refractivity (Wildman–Crippen MR) is 137 cm³/mol. The largest absolute Gasteiger partial charge is 0.505 e. The van der Waals surface area contributed by atoms with E-state index in [2.05, 4.69) is 10.3 Å². The smallest absolute Gasteiger partial charge is 0.330 e. The second-order valence-corrected chi connectivity index (χ2v) is 10.4. The quantitative estimate of drug-likeness (QED) is 0.284. The Morgan fingerprint density at radius 1 is 1.16 bits per heavy atom. The lowest BCUT2D eigenvalue weighted by atomic mass is 10.1. The van der Waals surface area contributed by atoms with Crippen LogP contribution < -0.4 is 10.9 Å². The standard InChI is InChI=1S/C25H31FN3O7P/c1-3-35-37(34,36-4-2)13-5-11-29-20-15-18(14-17-6-8-19(26)9-7-17)16-28-22(20)23(31)21(25(29)33)24(32)27-10-12-30/h6-9,15-16,30-31H,3-5,10-14H2,1-2H3,(H,27,32). The van der Waals surface area contributed by atoms with Crippen LogP contribution in [0.15, 0.2) is 41.3 Å². The molecule has 0 saturated heterocycles. The molecular formula is C25H31FN3O7P. The molecule has 2 heterocycles. The predicted octanol–water partition coefficient (Wildman–Crippen LogP) is 3.21. The number of hydrogen-bond acceptors (Lipinski definition) is 8. The number of aromatic hydroxyl groups is 1. The number of amides is 1. The number of nitrogens with zero attached hydrogens (tertiary/aromatic N) is 2. The second kappa shape index (κ2) is 12.9. The summed E-state index contributed by atoms with van der Waals surface area (Å²) in [6, 6.07) is 7.64. The molecule has 0 spiro atoms. The fourth-order valence-electron chi connectivity index (χ4n) is 3.95. The van der Waals surface area contributed by atoms with E-state index in [1.807, 2.05) is 0 Å². The van der Waals surface area contributed by atoms with Crippen molar-refractivity contribution in [2.45, 2.75) is 33.2 Å². The van der Waals surface area contributed by atoms with Gasteiger partial charge in [0.1, 0.15) is 16.9 Å². The van der Waals surface area contributed by atoms with Gasteiger partial charge in [-0.15, -0.1) is 0 Å². The number of hydrogen-bond donors (Lipinski definition) is 3. The van der Waals surface area contributed by atoms with E-state index >= 15 is 0 Å². The molecule has 3 aromatic rings. The van der Waals surface area contributed by atoms with Crippen LogP contribution in [0.5, 0.6) is 5.75 Å². The van der Waals surface area contributed by atoms with Crippen LogP contribution >= 0.6 is 7.60 Å². The first-order chi connectivity index (χ1) is 17.7. The molecule has 0 saturated carbocycles. The van der Waals surface area contributed by atoms with E-state index in [0.29, 0.717) is 12.0 Å². The highest BCUT2D eigenvalue weighted by molar-refractivity contribution is 7.53. The molecule has 2 aromatic heterocycles. The van der Waals surface area contributed by atoms with Gasteiger partial charge in [0.15, 0.2) is 5.75 Å². The molecule has 0 aliphatic rings. The maximum Gasteiger partial charge on any atom is 0.330 e. The van der Waals surface area contributed by atoms with Gasteiger partial charge in [0.05, 0.1) is 31.5 Å². The molecule has 37 heavy (non-hydrogen) atoms. The van der Waals surface area contributed by atoms with E-state index in [1.165, 1.54) is 22.9 Å². The summed E-state index contributed by atoms with van der Waals surface area (Å²) in [7, 11) is -3.36. The minimum Gasteiger partial charge on any atom is -0.505 e. The Morgan fingerprint density at radius 2 is 1.84 bits per heavy atom. The van der Waals surface area contributed by atoms with Crippen molar-refractivity contribution in [3.63, 3.8) is 0 Å². The Hall–Kier alpha value is -3.11. The zero-order valence-corrected chi connectivity index (χ0v) is 21.7. The highest BCUT2D eigenvalue weighted by Gasteiger charge is 2.26. The first kappa shape index (κ1) is 28.5. The van der Waals surface area contributed by atoms with Crippen molar-refractivity contribution in [3.05, 3.63) is 69.4 Å². The van der Waals surface area contributed by atoms with Crippen molar-refractivity contribution in [3.8, 4) is 5.75 Å². The third-order valence-electron chi connectivity index (χ3n) is 5.55. The van der Waals surface area contributed by atoms with E-state index in [0.717, 1.165) is 5.56 Å². The number of aryl methyl sites for hydroxylation is 1. The topological polar surface area (TPSA) is 140 Å². The number of carbonyl (C=O) groups is 1. The normalized spacial score (nSPS) is 11.7. The number of carbonyl (C=O) groups excluding carboxylic acids is 1. The number of rotatable bonds is 13. The maximum atomic E-state index is 13.4. The summed E-state index contributed by atoms with van der Waals surface area (Å²) < 4.78 is 38.1. The lowest BCUT2D eigenvalue weighted by molar-refractivity contribution is 0.0940. The van der Waals surface area contributed by atoms with Crippen LogP contribution in [0, 0.1) is 5.82 Å². The first-order valence-electron chi connectivity index (χ1n) is 12.0. The van der Waals surface area contributed by atoms with Crippen molar-refractivity contribution in [1.82, 2.24) is 14.9 Å². The number of nitrogens with one attached hydrogen (secondary N) is 1. The molecule has 0 radical (unpaired) electrons. The molecule has 200 valence electrons. The Kier molecular flexibility index (Phi) is 9.93. The van der Waals surface area contributed by atoms with Gasteiger partial charge in [-0.25, -0.2) is 4.39 Å². The average molecular weight is 536 g/mol. The van der Waals surface area contributed by atoms with Crippen LogP contribution in [0.2, 0.25) is 0 Å². The molecule has 3 N–H and O–H groups in total. The molecule has 0 unspecified atom stereocenters. The molecule has 0 bridgehead atoms. The third kappa shape index (κ3) is 7.01. The molecule has 0 fully saturated rings. The monoisotopic (exact) mass is 535 g/mol. The number of aliphatic hydroxyl groups excluding tert-OH is 1.